The summed E-state index contributed by atoms with van der Waals surface area (Å²) in [6.07, 6.45) is 3.45. The first-order chi connectivity index (χ1) is 14.9. The highest BCUT2D eigenvalue weighted by molar-refractivity contribution is 7.89. The van der Waals surface area contributed by atoms with E-state index in [1.807, 2.05) is 55.5 Å². The molecule has 1 amide bonds. The van der Waals surface area contributed by atoms with Crippen molar-refractivity contribution in [2.75, 3.05) is 5.32 Å². The average Bonchev–Trinajstić information content (AvgIpc) is 3.22. The van der Waals surface area contributed by atoms with Gasteiger partial charge in [0.05, 0.1) is 4.90 Å². The van der Waals surface area contributed by atoms with Crippen molar-refractivity contribution < 1.29 is 13.2 Å². The molecule has 0 aromatic heterocycles. The smallest absolute Gasteiger partial charge is 0.242 e. The number of nitrogens with one attached hydrogen (secondary N) is 2. The van der Waals surface area contributed by atoms with Crippen LogP contribution in [0.2, 0.25) is 0 Å². The molecule has 160 valence electrons. The molecular weight excluding hydrogens is 408 g/mol. The molecule has 0 bridgehead atoms. The highest BCUT2D eigenvalue weighted by Crippen LogP contribution is 2.25. The Bertz CT molecular complexity index is 1170. The quantitative estimate of drug-likeness (QED) is 0.590. The van der Waals surface area contributed by atoms with Gasteiger partial charge in [-0.15, -0.1) is 0 Å². The average molecular weight is 435 g/mol. The molecule has 1 aliphatic carbocycles. The lowest BCUT2D eigenvalue weighted by molar-refractivity contribution is -0.117. The van der Waals surface area contributed by atoms with Crippen LogP contribution in [-0.2, 0) is 34.1 Å². The van der Waals surface area contributed by atoms with E-state index < -0.39 is 16.1 Å². The van der Waals surface area contributed by atoms with Gasteiger partial charge in [0.25, 0.3) is 0 Å². The zero-order valence-corrected chi connectivity index (χ0v) is 18.3. The van der Waals surface area contributed by atoms with Crippen LogP contribution in [0.25, 0.3) is 0 Å². The third-order valence-corrected chi connectivity index (χ3v) is 7.08. The Hall–Kier alpha value is -2.96. The van der Waals surface area contributed by atoms with Gasteiger partial charge in [-0.25, -0.2) is 8.42 Å². The van der Waals surface area contributed by atoms with Crippen molar-refractivity contribution in [2.24, 2.45) is 0 Å². The molecule has 1 unspecified atom stereocenters. The Morgan fingerprint density at radius 3 is 2.39 bits per heavy atom. The van der Waals surface area contributed by atoms with E-state index in [0.717, 1.165) is 30.4 Å². The molecule has 1 atom stereocenters. The Kier molecular flexibility index (Phi) is 6.20. The van der Waals surface area contributed by atoms with Gasteiger partial charge in [0.1, 0.15) is 6.04 Å². The van der Waals surface area contributed by atoms with Gasteiger partial charge in [-0.1, -0.05) is 54.1 Å². The second kappa shape index (κ2) is 9.04. The summed E-state index contributed by atoms with van der Waals surface area (Å²) >= 11 is 0. The van der Waals surface area contributed by atoms with Gasteiger partial charge in [-0.3, -0.25) is 4.79 Å². The molecular formula is C25H26N2O3S. The lowest BCUT2D eigenvalue weighted by Gasteiger charge is -2.19. The van der Waals surface area contributed by atoms with Gasteiger partial charge in [-0.2, -0.15) is 4.72 Å². The largest absolute Gasteiger partial charge is 0.325 e. The molecule has 5 nitrogen and oxygen atoms in total. The molecule has 0 spiro atoms. The number of fused-ring (bicyclic) bond motifs is 1. The van der Waals surface area contributed by atoms with Crippen LogP contribution in [0.3, 0.4) is 0 Å². The van der Waals surface area contributed by atoms with Crippen molar-refractivity contribution in [2.45, 2.75) is 43.5 Å². The van der Waals surface area contributed by atoms with Crippen molar-refractivity contribution in [1.29, 1.82) is 0 Å². The Morgan fingerprint density at radius 1 is 0.935 bits per heavy atom. The summed E-state index contributed by atoms with van der Waals surface area (Å²) in [4.78, 5) is 13.3. The van der Waals surface area contributed by atoms with Crippen molar-refractivity contribution in [3.63, 3.8) is 0 Å². The van der Waals surface area contributed by atoms with Crippen molar-refractivity contribution >= 4 is 21.6 Å². The number of amides is 1. The molecule has 0 radical (unpaired) electrons. The van der Waals surface area contributed by atoms with Crippen molar-refractivity contribution in [3.8, 4) is 0 Å². The first-order valence-electron chi connectivity index (χ1n) is 10.5. The lowest BCUT2D eigenvalue weighted by Crippen LogP contribution is -2.45. The maximum Gasteiger partial charge on any atom is 0.242 e. The van der Waals surface area contributed by atoms with Gasteiger partial charge in [0.15, 0.2) is 0 Å². The Labute approximate surface area is 183 Å². The molecule has 0 saturated heterocycles. The summed E-state index contributed by atoms with van der Waals surface area (Å²) in [5.41, 5.74) is 5.10. The predicted octanol–water partition coefficient (Wildman–Crippen LogP) is 4.01. The summed E-state index contributed by atoms with van der Waals surface area (Å²) in [5, 5.41) is 2.91. The summed E-state index contributed by atoms with van der Waals surface area (Å²) in [5.74, 6) is -0.377. The summed E-state index contributed by atoms with van der Waals surface area (Å²) in [6.45, 7) is 1.89. The number of hydrogen-bond donors (Lipinski definition) is 2. The van der Waals surface area contributed by atoms with Crippen LogP contribution in [0.4, 0.5) is 5.69 Å². The maximum absolute atomic E-state index is 13.1. The third kappa shape index (κ3) is 5.21. The summed E-state index contributed by atoms with van der Waals surface area (Å²) in [7, 11) is -3.85. The van der Waals surface area contributed by atoms with Crippen LogP contribution >= 0.6 is 0 Å². The van der Waals surface area contributed by atoms with Gasteiger partial charge in [0, 0.05) is 5.69 Å². The normalized spacial score (nSPS) is 14.1. The maximum atomic E-state index is 13.1. The molecule has 0 aliphatic heterocycles. The molecule has 31 heavy (non-hydrogen) atoms. The number of carbonyl (C=O) groups excluding carboxylic acids is 1. The Morgan fingerprint density at radius 2 is 1.65 bits per heavy atom. The van der Waals surface area contributed by atoms with Crippen molar-refractivity contribution in [1.82, 2.24) is 4.72 Å². The van der Waals surface area contributed by atoms with Gasteiger partial charge in [0.2, 0.25) is 15.9 Å². The number of carbonyl (C=O) groups is 1. The fourth-order valence-electron chi connectivity index (χ4n) is 3.89. The van der Waals surface area contributed by atoms with Crippen LogP contribution in [0.1, 0.15) is 28.7 Å². The highest BCUT2D eigenvalue weighted by Gasteiger charge is 2.26. The second-order valence-electron chi connectivity index (χ2n) is 8.00. The fourth-order valence-corrected chi connectivity index (χ4v) is 5.08. The van der Waals surface area contributed by atoms with E-state index in [0.29, 0.717) is 5.69 Å². The standard InChI is InChI=1S/C25H26N2O3S/c1-18-10-14-23(15-11-18)31(29,30)27-24(16-19-6-3-2-4-7-19)25(28)26-22-13-12-20-8-5-9-21(20)17-22/h2-4,6-7,10-15,17,24,27H,5,8-9,16H2,1H3,(H,26,28). The zero-order chi connectivity index (χ0) is 21.8. The third-order valence-electron chi connectivity index (χ3n) is 5.59. The van der Waals surface area contributed by atoms with E-state index in [1.165, 1.54) is 11.1 Å². The van der Waals surface area contributed by atoms with Gasteiger partial charge < -0.3 is 5.32 Å². The van der Waals surface area contributed by atoms with Crippen LogP contribution in [-0.4, -0.2) is 20.4 Å². The lowest BCUT2D eigenvalue weighted by atomic mass is 10.1. The van der Waals surface area contributed by atoms with E-state index >= 15 is 0 Å². The minimum Gasteiger partial charge on any atom is -0.325 e. The molecule has 2 N–H and O–H groups in total. The van der Waals surface area contributed by atoms with E-state index in [-0.39, 0.29) is 17.2 Å². The first-order valence-corrected chi connectivity index (χ1v) is 11.9. The Balaban J connectivity index is 1.57. The SMILES string of the molecule is Cc1ccc(S(=O)(=O)NC(Cc2ccccc2)C(=O)Nc2ccc3c(c2)CCC3)cc1. The van der Waals surface area contributed by atoms with Crippen molar-refractivity contribution in [3.05, 3.63) is 95.1 Å². The summed E-state index contributed by atoms with van der Waals surface area (Å²) < 4.78 is 28.5. The monoisotopic (exact) mass is 434 g/mol. The molecule has 0 heterocycles. The number of aryl methyl sites for hydroxylation is 3. The van der Waals surface area contributed by atoms with E-state index in [4.69, 9.17) is 0 Å². The topological polar surface area (TPSA) is 75.3 Å². The minimum atomic E-state index is -3.85. The van der Waals surface area contributed by atoms with Crippen LogP contribution in [0.5, 0.6) is 0 Å². The zero-order valence-electron chi connectivity index (χ0n) is 17.5. The molecule has 1 aliphatic rings. The van der Waals surface area contributed by atoms with Crippen LogP contribution in [0, 0.1) is 6.92 Å². The molecule has 6 heteroatoms. The van der Waals surface area contributed by atoms with E-state index in [2.05, 4.69) is 10.0 Å². The molecule has 3 aromatic carbocycles. The highest BCUT2D eigenvalue weighted by atomic mass is 32.2. The molecule has 0 fully saturated rings. The minimum absolute atomic E-state index is 0.140. The molecule has 4 rings (SSSR count). The number of rotatable bonds is 7. The molecule has 3 aromatic rings. The first kappa shape index (κ1) is 21.3. The number of anilines is 1. The number of benzene rings is 3. The van der Waals surface area contributed by atoms with Gasteiger partial charge in [-0.05, 0) is 73.6 Å². The predicted molar refractivity (Wildman–Crippen MR) is 123 cm³/mol. The summed E-state index contributed by atoms with van der Waals surface area (Å²) in [6, 6.07) is 21.0. The van der Waals surface area contributed by atoms with E-state index in [1.54, 1.807) is 24.3 Å². The van der Waals surface area contributed by atoms with Crippen LogP contribution in [0.15, 0.2) is 77.7 Å². The fraction of sp³-hybridized carbons (Fsp3) is 0.240. The number of hydrogen-bond acceptors (Lipinski definition) is 3. The molecule has 0 saturated carbocycles. The van der Waals surface area contributed by atoms with Crippen LogP contribution < -0.4 is 10.0 Å². The number of sulfonamides is 1. The second-order valence-corrected chi connectivity index (χ2v) is 9.72. The van der Waals surface area contributed by atoms with E-state index in [9.17, 15) is 13.2 Å². The van der Waals surface area contributed by atoms with Gasteiger partial charge >= 0.3 is 0 Å².